The van der Waals surface area contributed by atoms with Crippen molar-refractivity contribution in [3.8, 4) is 23.3 Å². The van der Waals surface area contributed by atoms with Crippen LogP contribution >= 0.6 is 11.3 Å². The lowest BCUT2D eigenvalue weighted by Gasteiger charge is -2.38. The average Bonchev–Trinajstić information content (AvgIpc) is 3.73. The number of esters is 1. The third kappa shape index (κ3) is 3.40. The second-order valence-electron chi connectivity index (χ2n) is 11.9. The predicted molar refractivity (Wildman–Crippen MR) is 162 cm³/mol. The summed E-state index contributed by atoms with van der Waals surface area (Å²) in [4.78, 5) is 45.2. The van der Waals surface area contributed by atoms with Crippen LogP contribution in [0.15, 0.2) is 60.7 Å². The van der Waals surface area contributed by atoms with Crippen molar-refractivity contribution in [2.24, 2.45) is 17.8 Å². The van der Waals surface area contributed by atoms with E-state index in [-0.39, 0.29) is 6.79 Å². The minimum atomic E-state index is -0.997. The highest BCUT2D eigenvalue weighted by Crippen LogP contribution is 2.57. The first-order valence-electron chi connectivity index (χ1n) is 14.8. The van der Waals surface area contributed by atoms with Crippen LogP contribution in [0.1, 0.15) is 45.9 Å². The van der Waals surface area contributed by atoms with Crippen molar-refractivity contribution >= 4 is 50.5 Å². The molecular weight excluding hydrogens is 576 g/mol. The standard InChI is InChI=1S/C35H24N2O6S/c36-15-23-20-7-3-4-8-27(20)44-34(23)37-32(38)29-21(18-10-11-24-26(13-18)42-16-41-24)14-22-28-19-6-2-1-5-17(19)9-12-25(28)43-35(40)30(22)31(29)33(37)39/h1-2,5-6,9-14,21,29-31H,3-4,7-8,16H2/t21-,29+,30+,31-/m0/s1. The Morgan fingerprint density at radius 1 is 0.886 bits per heavy atom. The first-order valence-corrected chi connectivity index (χ1v) is 15.6. The fourth-order valence-corrected chi connectivity index (χ4v) is 9.15. The quantitative estimate of drug-likeness (QED) is 0.160. The van der Waals surface area contributed by atoms with Gasteiger partial charge in [0.05, 0.1) is 23.3 Å². The number of thiophene rings is 1. The molecule has 5 aliphatic rings. The van der Waals surface area contributed by atoms with Crippen molar-refractivity contribution < 1.29 is 28.6 Å². The van der Waals surface area contributed by atoms with Crippen molar-refractivity contribution in [2.75, 3.05) is 11.7 Å². The molecule has 44 heavy (non-hydrogen) atoms. The maximum absolute atomic E-state index is 14.6. The van der Waals surface area contributed by atoms with Crippen LogP contribution in [0, 0.1) is 29.1 Å². The summed E-state index contributed by atoms with van der Waals surface area (Å²) in [6.07, 6.45) is 5.52. The molecule has 0 N–H and O–H groups in total. The van der Waals surface area contributed by atoms with Crippen molar-refractivity contribution in [3.05, 3.63) is 87.8 Å². The molecule has 9 heteroatoms. The maximum atomic E-state index is 14.6. The maximum Gasteiger partial charge on any atom is 0.319 e. The largest absolute Gasteiger partial charge is 0.454 e. The monoisotopic (exact) mass is 600 g/mol. The summed E-state index contributed by atoms with van der Waals surface area (Å²) in [7, 11) is 0. The van der Waals surface area contributed by atoms with Gasteiger partial charge in [-0.3, -0.25) is 14.4 Å². The van der Waals surface area contributed by atoms with Crippen LogP contribution in [0.3, 0.4) is 0 Å². The Morgan fingerprint density at radius 2 is 1.68 bits per heavy atom. The lowest BCUT2D eigenvalue weighted by molar-refractivity contribution is -0.142. The second-order valence-corrected chi connectivity index (χ2v) is 13.0. The number of anilines is 1. The number of nitrogens with zero attached hydrogens (tertiary/aromatic N) is 2. The number of rotatable bonds is 2. The molecular formula is C35H24N2O6S. The molecule has 4 aromatic rings. The Labute approximate surface area is 256 Å². The van der Waals surface area contributed by atoms with Crippen LogP contribution in [0.5, 0.6) is 17.2 Å². The number of carbonyl (C=O) groups excluding carboxylic acids is 3. The van der Waals surface area contributed by atoms with E-state index in [1.165, 1.54) is 16.2 Å². The normalized spacial score (nSPS) is 24.7. The molecule has 9 rings (SSSR count). The van der Waals surface area contributed by atoms with Gasteiger partial charge in [-0.15, -0.1) is 11.3 Å². The van der Waals surface area contributed by atoms with Crippen molar-refractivity contribution in [3.63, 3.8) is 0 Å². The van der Waals surface area contributed by atoms with E-state index in [9.17, 15) is 19.6 Å². The number of imide groups is 1. The first-order chi connectivity index (χ1) is 21.5. The van der Waals surface area contributed by atoms with Crippen LogP contribution in [0.2, 0.25) is 0 Å². The smallest absolute Gasteiger partial charge is 0.319 e. The Hall–Kier alpha value is -4.94. The number of benzene rings is 3. The molecule has 0 radical (unpaired) electrons. The van der Waals surface area contributed by atoms with E-state index in [4.69, 9.17) is 14.2 Å². The van der Waals surface area contributed by atoms with E-state index >= 15 is 0 Å². The van der Waals surface area contributed by atoms with Gasteiger partial charge in [-0.25, -0.2) is 4.90 Å². The molecule has 1 fully saturated rings. The number of allylic oxidation sites excluding steroid dienone is 1. The van der Waals surface area contributed by atoms with Crippen LogP contribution in [0.4, 0.5) is 5.00 Å². The number of hydrogen-bond acceptors (Lipinski definition) is 8. The third-order valence-corrected chi connectivity index (χ3v) is 11.0. The summed E-state index contributed by atoms with van der Waals surface area (Å²) in [5.41, 5.74) is 3.58. The van der Waals surface area contributed by atoms with Gasteiger partial charge >= 0.3 is 5.97 Å². The fourth-order valence-electron chi connectivity index (χ4n) is 7.80. The Kier molecular flexibility index (Phi) is 5.39. The Bertz CT molecular complexity index is 2050. The van der Waals surface area contributed by atoms with Crippen molar-refractivity contribution in [1.29, 1.82) is 5.26 Å². The van der Waals surface area contributed by atoms with E-state index in [0.717, 1.165) is 58.0 Å². The SMILES string of the molecule is N#Cc1c(N2C(=O)[C@@H]3[C@@H]4C(=O)Oc5ccc6ccccc6c5C4=C[C@@H](c4ccc5c(c4)OCO5)[C@H]3C2=O)sc2c1CCCC2. The first kappa shape index (κ1) is 25.5. The van der Waals surface area contributed by atoms with Gasteiger partial charge in [-0.05, 0) is 71.4 Å². The summed E-state index contributed by atoms with van der Waals surface area (Å²) in [5.74, 6) is -3.17. The Balaban J connectivity index is 1.27. The van der Waals surface area contributed by atoms with Gasteiger partial charge in [0.2, 0.25) is 18.6 Å². The second kappa shape index (κ2) is 9.28. The molecule has 4 atom stereocenters. The summed E-state index contributed by atoms with van der Waals surface area (Å²) in [6, 6.07) is 19.4. The molecule has 1 saturated heterocycles. The molecule has 3 aromatic carbocycles. The Morgan fingerprint density at radius 3 is 2.57 bits per heavy atom. The molecule has 0 saturated carbocycles. The van der Waals surface area contributed by atoms with Gasteiger partial charge in [0.1, 0.15) is 16.8 Å². The number of amides is 2. The number of aryl methyl sites for hydroxylation is 1. The molecule has 2 aliphatic carbocycles. The molecule has 1 aromatic heterocycles. The summed E-state index contributed by atoms with van der Waals surface area (Å²) in [5, 5.41) is 12.5. The van der Waals surface area contributed by atoms with Crippen LogP contribution in [0.25, 0.3) is 16.3 Å². The van der Waals surface area contributed by atoms with Crippen molar-refractivity contribution in [2.45, 2.75) is 31.6 Å². The van der Waals surface area contributed by atoms with E-state index in [2.05, 4.69) is 6.07 Å². The van der Waals surface area contributed by atoms with Gasteiger partial charge in [0, 0.05) is 16.4 Å². The van der Waals surface area contributed by atoms with Gasteiger partial charge in [-0.1, -0.05) is 42.5 Å². The van der Waals surface area contributed by atoms with Gasteiger partial charge in [-0.2, -0.15) is 5.26 Å². The average molecular weight is 601 g/mol. The fraction of sp³-hybridized carbons (Fsp3) is 0.257. The van der Waals surface area contributed by atoms with Gasteiger partial charge in [0.15, 0.2) is 11.5 Å². The third-order valence-electron chi connectivity index (χ3n) is 9.73. The lowest BCUT2D eigenvalue weighted by Crippen LogP contribution is -2.42. The highest BCUT2D eigenvalue weighted by Gasteiger charge is 2.61. The number of fused-ring (bicyclic) bond motifs is 9. The molecule has 4 heterocycles. The van der Waals surface area contributed by atoms with Crippen LogP contribution < -0.4 is 19.1 Å². The van der Waals surface area contributed by atoms with E-state index in [1.54, 1.807) is 6.07 Å². The number of carbonyl (C=O) groups is 3. The zero-order chi connectivity index (χ0) is 29.7. The molecule has 0 spiro atoms. The highest BCUT2D eigenvalue weighted by atomic mass is 32.1. The molecule has 0 bridgehead atoms. The summed E-state index contributed by atoms with van der Waals surface area (Å²) >= 11 is 1.36. The lowest BCUT2D eigenvalue weighted by atomic mass is 9.64. The summed E-state index contributed by atoms with van der Waals surface area (Å²) in [6.45, 7) is 0.106. The van der Waals surface area contributed by atoms with E-state index in [1.807, 2.05) is 54.6 Å². The van der Waals surface area contributed by atoms with Crippen molar-refractivity contribution in [1.82, 2.24) is 0 Å². The zero-order valence-corrected chi connectivity index (χ0v) is 24.2. The minimum absolute atomic E-state index is 0.106. The number of ether oxygens (including phenoxy) is 3. The minimum Gasteiger partial charge on any atom is -0.454 e. The molecule has 3 aliphatic heterocycles. The topological polar surface area (TPSA) is 106 Å². The molecule has 0 unspecified atom stereocenters. The molecule has 2 amide bonds. The van der Waals surface area contributed by atoms with E-state index < -0.39 is 41.5 Å². The number of hydrogen-bond donors (Lipinski definition) is 0. The van der Waals surface area contributed by atoms with Gasteiger partial charge < -0.3 is 14.2 Å². The van der Waals surface area contributed by atoms with Crippen LogP contribution in [-0.4, -0.2) is 24.6 Å². The summed E-state index contributed by atoms with van der Waals surface area (Å²) < 4.78 is 17.1. The highest BCUT2D eigenvalue weighted by molar-refractivity contribution is 7.17. The van der Waals surface area contributed by atoms with Crippen LogP contribution in [-0.2, 0) is 27.2 Å². The zero-order valence-electron chi connectivity index (χ0n) is 23.4. The van der Waals surface area contributed by atoms with Gasteiger partial charge in [0.25, 0.3) is 0 Å². The predicted octanol–water partition coefficient (Wildman–Crippen LogP) is 5.90. The number of nitriles is 1. The molecule has 216 valence electrons. The van der Waals surface area contributed by atoms with E-state index in [0.29, 0.717) is 33.4 Å². The molecule has 8 nitrogen and oxygen atoms in total.